The highest BCUT2D eigenvalue weighted by molar-refractivity contribution is 5.79. The molecule has 9 heteroatoms. The highest BCUT2D eigenvalue weighted by atomic mass is 16.5. The number of carbonyl (C=O) groups excluding carboxylic acids is 1. The van der Waals surface area contributed by atoms with E-state index in [4.69, 9.17) is 14.6 Å². The van der Waals surface area contributed by atoms with Crippen molar-refractivity contribution in [2.45, 2.75) is 70.5 Å². The van der Waals surface area contributed by atoms with E-state index >= 15 is 0 Å². The molecular formula is C22H35N5O4. The van der Waals surface area contributed by atoms with Crippen LogP contribution in [0.25, 0.3) is 0 Å². The Kier molecular flexibility index (Phi) is 8.60. The van der Waals surface area contributed by atoms with Crippen molar-refractivity contribution in [3.05, 3.63) is 17.6 Å². The topological polar surface area (TPSA) is 117 Å². The van der Waals surface area contributed by atoms with Gasteiger partial charge in [-0.3, -0.25) is 14.5 Å². The van der Waals surface area contributed by atoms with Crippen LogP contribution in [0.5, 0.6) is 0 Å². The summed E-state index contributed by atoms with van der Waals surface area (Å²) < 4.78 is 5.57. The number of likely N-dealkylation sites (tertiary alicyclic amines) is 1. The fourth-order valence-electron chi connectivity index (χ4n) is 4.32. The highest BCUT2D eigenvalue weighted by Gasteiger charge is 2.34. The minimum atomic E-state index is -0.250. The smallest absolute Gasteiger partial charge is 0.290 e. The van der Waals surface area contributed by atoms with Gasteiger partial charge in [-0.2, -0.15) is 0 Å². The van der Waals surface area contributed by atoms with Crippen LogP contribution in [0, 0.1) is 19.8 Å². The van der Waals surface area contributed by atoms with Crippen LogP contribution in [0.2, 0.25) is 0 Å². The van der Waals surface area contributed by atoms with E-state index in [-0.39, 0.29) is 24.3 Å². The molecule has 1 aliphatic carbocycles. The third-order valence-electron chi connectivity index (χ3n) is 6.21. The van der Waals surface area contributed by atoms with E-state index < -0.39 is 0 Å². The highest BCUT2D eigenvalue weighted by Crippen LogP contribution is 2.26. The molecule has 1 aromatic heterocycles. The van der Waals surface area contributed by atoms with Crippen LogP contribution in [0.1, 0.15) is 49.9 Å². The molecule has 2 atom stereocenters. The molecule has 1 saturated carbocycles. The third-order valence-corrected chi connectivity index (χ3v) is 6.21. The molecule has 2 aliphatic heterocycles. The lowest BCUT2D eigenvalue weighted by molar-refractivity contribution is -0.126. The third kappa shape index (κ3) is 7.14. The van der Waals surface area contributed by atoms with Crippen molar-refractivity contribution in [2.24, 2.45) is 5.92 Å². The zero-order valence-corrected chi connectivity index (χ0v) is 18.5. The van der Waals surface area contributed by atoms with Crippen LogP contribution in [0.3, 0.4) is 0 Å². The quantitative estimate of drug-likeness (QED) is 0.601. The molecule has 1 aromatic rings. The van der Waals surface area contributed by atoms with Crippen molar-refractivity contribution in [1.82, 2.24) is 20.2 Å². The van der Waals surface area contributed by atoms with E-state index in [2.05, 4.69) is 25.5 Å². The molecule has 31 heavy (non-hydrogen) atoms. The second-order valence-corrected chi connectivity index (χ2v) is 8.75. The molecule has 0 aromatic carbocycles. The van der Waals surface area contributed by atoms with Crippen molar-refractivity contribution >= 4 is 18.2 Å². The maximum atomic E-state index is 12.8. The van der Waals surface area contributed by atoms with E-state index in [1.165, 1.54) is 0 Å². The number of nitrogens with zero attached hydrogens (tertiary/aromatic N) is 3. The van der Waals surface area contributed by atoms with Crippen LogP contribution in [0.15, 0.2) is 6.20 Å². The fourth-order valence-corrected chi connectivity index (χ4v) is 4.32. The largest absolute Gasteiger partial charge is 0.483 e. The Balaban J connectivity index is 0.000000858. The van der Waals surface area contributed by atoms with Crippen molar-refractivity contribution < 1.29 is 19.4 Å². The number of aromatic nitrogens is 2. The molecule has 3 aliphatic rings. The molecule has 3 fully saturated rings. The number of carbonyl (C=O) groups is 2. The number of nitrogens with one attached hydrogen (secondary N) is 2. The molecule has 0 bridgehead atoms. The first-order valence-electron chi connectivity index (χ1n) is 11.3. The number of anilines is 1. The first-order valence-corrected chi connectivity index (χ1v) is 11.3. The monoisotopic (exact) mass is 433 g/mol. The molecule has 1 amide bonds. The summed E-state index contributed by atoms with van der Waals surface area (Å²) in [6.45, 7) is 7.15. The molecule has 0 spiro atoms. The SMILES string of the molecule is Cc1ncc(C)c(N[C@H]2CC[C@@H](C(=O)NC3CC3)CN(C3CCOCC3)C2)n1.O=CO. The van der Waals surface area contributed by atoms with E-state index in [1.54, 1.807) is 0 Å². The summed E-state index contributed by atoms with van der Waals surface area (Å²) in [5.41, 5.74) is 1.07. The number of rotatable bonds is 5. The first-order chi connectivity index (χ1) is 15.0. The summed E-state index contributed by atoms with van der Waals surface area (Å²) in [6.07, 6.45) is 8.15. The molecule has 3 heterocycles. The summed E-state index contributed by atoms with van der Waals surface area (Å²) in [5.74, 6) is 2.02. The van der Waals surface area contributed by atoms with Crippen molar-refractivity contribution in [1.29, 1.82) is 0 Å². The minimum Gasteiger partial charge on any atom is -0.483 e. The Bertz CT molecular complexity index is 737. The second kappa shape index (κ2) is 11.4. The van der Waals surface area contributed by atoms with Crippen LogP contribution in [-0.4, -0.2) is 76.8 Å². The number of amides is 1. The van der Waals surface area contributed by atoms with Gasteiger partial charge in [-0.25, -0.2) is 9.97 Å². The van der Waals surface area contributed by atoms with Crippen molar-refractivity contribution in [3.63, 3.8) is 0 Å². The maximum absolute atomic E-state index is 12.8. The predicted molar refractivity (Wildman–Crippen MR) is 117 cm³/mol. The van der Waals surface area contributed by atoms with Gasteiger partial charge in [-0.1, -0.05) is 0 Å². The summed E-state index contributed by atoms with van der Waals surface area (Å²) in [5, 5.41) is 13.8. The molecule has 2 saturated heterocycles. The lowest BCUT2D eigenvalue weighted by atomic mass is 10.00. The predicted octanol–water partition coefficient (Wildman–Crippen LogP) is 1.74. The maximum Gasteiger partial charge on any atom is 0.290 e. The Morgan fingerprint density at radius 2 is 1.81 bits per heavy atom. The van der Waals surface area contributed by atoms with Gasteiger partial charge in [0.05, 0.1) is 5.92 Å². The van der Waals surface area contributed by atoms with Crippen LogP contribution < -0.4 is 10.6 Å². The van der Waals surface area contributed by atoms with Gasteiger partial charge in [-0.15, -0.1) is 0 Å². The van der Waals surface area contributed by atoms with Gasteiger partial charge in [0.15, 0.2) is 0 Å². The van der Waals surface area contributed by atoms with Gasteiger partial charge in [-0.05, 0) is 52.4 Å². The second-order valence-electron chi connectivity index (χ2n) is 8.75. The molecule has 9 nitrogen and oxygen atoms in total. The van der Waals surface area contributed by atoms with Crippen LogP contribution in [-0.2, 0) is 14.3 Å². The Morgan fingerprint density at radius 1 is 1.13 bits per heavy atom. The number of aryl methyl sites for hydroxylation is 2. The molecule has 0 radical (unpaired) electrons. The lowest BCUT2D eigenvalue weighted by Gasteiger charge is -2.36. The molecule has 172 valence electrons. The van der Waals surface area contributed by atoms with E-state index in [0.717, 1.165) is 82.0 Å². The summed E-state index contributed by atoms with van der Waals surface area (Å²) in [7, 11) is 0. The summed E-state index contributed by atoms with van der Waals surface area (Å²) >= 11 is 0. The molecular weight excluding hydrogens is 398 g/mol. The normalized spacial score (nSPS) is 25.0. The Labute approximate surface area is 184 Å². The zero-order chi connectivity index (χ0) is 22.2. The number of hydrogen-bond donors (Lipinski definition) is 3. The number of carboxylic acid groups (broad SMARTS) is 1. The summed E-state index contributed by atoms with van der Waals surface area (Å²) in [6, 6.07) is 1.21. The average molecular weight is 434 g/mol. The average Bonchev–Trinajstić information content (AvgIpc) is 3.59. The Hall–Kier alpha value is -2.26. The van der Waals surface area contributed by atoms with Crippen LogP contribution >= 0.6 is 0 Å². The lowest BCUT2D eigenvalue weighted by Crippen LogP contribution is -2.47. The van der Waals surface area contributed by atoms with Crippen LogP contribution in [0.4, 0.5) is 5.82 Å². The molecule has 4 rings (SSSR count). The van der Waals surface area contributed by atoms with E-state index in [9.17, 15) is 4.79 Å². The van der Waals surface area contributed by atoms with Gasteiger partial charge in [0.2, 0.25) is 5.91 Å². The van der Waals surface area contributed by atoms with Gasteiger partial charge in [0, 0.05) is 56.2 Å². The molecule has 0 unspecified atom stereocenters. The van der Waals surface area contributed by atoms with Crippen molar-refractivity contribution in [3.8, 4) is 0 Å². The number of hydrogen-bond acceptors (Lipinski definition) is 7. The molecule has 3 N–H and O–H groups in total. The van der Waals surface area contributed by atoms with Gasteiger partial charge >= 0.3 is 0 Å². The van der Waals surface area contributed by atoms with E-state index in [1.807, 2.05) is 20.0 Å². The Morgan fingerprint density at radius 3 is 2.48 bits per heavy atom. The first kappa shape index (κ1) is 23.4. The minimum absolute atomic E-state index is 0.0727. The van der Waals surface area contributed by atoms with Crippen molar-refractivity contribution in [2.75, 3.05) is 31.6 Å². The summed E-state index contributed by atoms with van der Waals surface area (Å²) in [4.78, 5) is 32.6. The van der Waals surface area contributed by atoms with Gasteiger partial charge in [0.25, 0.3) is 6.47 Å². The van der Waals surface area contributed by atoms with Gasteiger partial charge in [0.1, 0.15) is 11.6 Å². The van der Waals surface area contributed by atoms with E-state index in [0.29, 0.717) is 12.1 Å². The zero-order valence-electron chi connectivity index (χ0n) is 18.5. The van der Waals surface area contributed by atoms with Gasteiger partial charge < -0.3 is 20.5 Å². The fraction of sp³-hybridized carbons (Fsp3) is 0.727. The standard InChI is InChI=1S/C21H33N5O2.CH2O2/c1-14-11-22-15(2)23-20(14)24-18-4-3-16(21(27)25-17-5-6-17)12-26(13-18)19-7-9-28-10-8-19;2-1-3/h11,16-19H,3-10,12-13H2,1-2H3,(H,25,27)(H,22,23,24);1H,(H,2,3)/t16-,18+;/m1./s1. The number of ether oxygens (including phenoxy) is 1.